The lowest BCUT2D eigenvalue weighted by molar-refractivity contribution is 0.102. The van der Waals surface area contributed by atoms with Gasteiger partial charge in [0, 0.05) is 5.69 Å². The number of carbonyl (C=O) groups excluding carboxylic acids is 1. The van der Waals surface area contributed by atoms with E-state index >= 15 is 0 Å². The molecule has 0 radical (unpaired) electrons. The van der Waals surface area contributed by atoms with Crippen LogP contribution in [0.5, 0.6) is 0 Å². The van der Waals surface area contributed by atoms with Crippen LogP contribution in [0.4, 0.5) is 5.69 Å². The maximum Gasteiger partial charge on any atom is 0.276 e. The molecule has 3 aromatic rings. The van der Waals surface area contributed by atoms with Crippen molar-refractivity contribution in [3.8, 4) is 0 Å². The Morgan fingerprint density at radius 3 is 2.54 bits per heavy atom. The number of amides is 1. The summed E-state index contributed by atoms with van der Waals surface area (Å²) < 4.78 is 1.83. The SMILES string of the molecule is Cc1ccc(Cn2nc(C(=O)Nc3ccccc3Cl)cc2C)cc1. The Kier molecular flexibility index (Phi) is 4.67. The molecule has 1 amide bonds. The van der Waals surface area contributed by atoms with E-state index in [0.717, 1.165) is 11.3 Å². The van der Waals surface area contributed by atoms with E-state index in [1.165, 1.54) is 5.56 Å². The van der Waals surface area contributed by atoms with E-state index in [4.69, 9.17) is 11.6 Å². The molecule has 1 heterocycles. The summed E-state index contributed by atoms with van der Waals surface area (Å²) in [4.78, 5) is 12.4. The van der Waals surface area contributed by atoms with Crippen LogP contribution in [0.3, 0.4) is 0 Å². The Morgan fingerprint density at radius 1 is 1.12 bits per heavy atom. The fourth-order valence-corrected chi connectivity index (χ4v) is 2.58. The largest absolute Gasteiger partial charge is 0.319 e. The second-order valence-electron chi connectivity index (χ2n) is 5.75. The number of nitrogens with zero attached hydrogens (tertiary/aromatic N) is 2. The number of benzene rings is 2. The van der Waals surface area contributed by atoms with Crippen molar-refractivity contribution in [1.29, 1.82) is 0 Å². The molecule has 0 bridgehead atoms. The number of carbonyl (C=O) groups is 1. The minimum absolute atomic E-state index is 0.270. The van der Waals surface area contributed by atoms with E-state index in [1.54, 1.807) is 18.2 Å². The van der Waals surface area contributed by atoms with Gasteiger partial charge in [-0.05, 0) is 37.6 Å². The third kappa shape index (κ3) is 3.66. The van der Waals surface area contributed by atoms with Gasteiger partial charge in [0.05, 0.1) is 17.3 Å². The summed E-state index contributed by atoms with van der Waals surface area (Å²) in [6.07, 6.45) is 0. The first-order valence-electron chi connectivity index (χ1n) is 7.69. The molecule has 0 unspecified atom stereocenters. The van der Waals surface area contributed by atoms with Gasteiger partial charge in [0.1, 0.15) is 0 Å². The molecule has 1 aromatic heterocycles. The summed E-state index contributed by atoms with van der Waals surface area (Å²) >= 11 is 6.07. The Morgan fingerprint density at radius 2 is 1.83 bits per heavy atom. The van der Waals surface area contributed by atoms with E-state index in [2.05, 4.69) is 41.6 Å². The van der Waals surface area contributed by atoms with Gasteiger partial charge in [-0.2, -0.15) is 5.10 Å². The molecular weight excluding hydrogens is 322 g/mol. The molecule has 0 atom stereocenters. The normalized spacial score (nSPS) is 10.6. The highest BCUT2D eigenvalue weighted by Gasteiger charge is 2.14. The highest BCUT2D eigenvalue weighted by molar-refractivity contribution is 6.33. The number of anilines is 1. The monoisotopic (exact) mass is 339 g/mol. The number of rotatable bonds is 4. The zero-order valence-corrected chi connectivity index (χ0v) is 14.3. The van der Waals surface area contributed by atoms with Gasteiger partial charge in [0.15, 0.2) is 5.69 Å². The fraction of sp³-hybridized carbons (Fsp3) is 0.158. The molecule has 5 heteroatoms. The number of hydrogen-bond donors (Lipinski definition) is 1. The molecule has 0 aliphatic heterocycles. The van der Waals surface area contributed by atoms with Crippen LogP contribution in [0.1, 0.15) is 27.3 Å². The molecule has 0 aliphatic carbocycles. The van der Waals surface area contributed by atoms with Gasteiger partial charge in [-0.1, -0.05) is 53.6 Å². The van der Waals surface area contributed by atoms with E-state index in [1.807, 2.05) is 23.7 Å². The Balaban J connectivity index is 1.77. The molecule has 1 N–H and O–H groups in total. The van der Waals surface area contributed by atoms with E-state index in [9.17, 15) is 4.79 Å². The number of para-hydroxylation sites is 1. The van der Waals surface area contributed by atoms with Crippen molar-refractivity contribution < 1.29 is 4.79 Å². The predicted octanol–water partition coefficient (Wildman–Crippen LogP) is 4.45. The predicted molar refractivity (Wildman–Crippen MR) is 96.7 cm³/mol. The van der Waals surface area contributed by atoms with Crippen LogP contribution in [0.2, 0.25) is 5.02 Å². The highest BCUT2D eigenvalue weighted by Crippen LogP contribution is 2.21. The van der Waals surface area contributed by atoms with Crippen LogP contribution in [0.25, 0.3) is 0 Å². The zero-order valence-electron chi connectivity index (χ0n) is 13.6. The third-order valence-electron chi connectivity index (χ3n) is 3.79. The lowest BCUT2D eigenvalue weighted by atomic mass is 10.1. The fourth-order valence-electron chi connectivity index (χ4n) is 2.40. The summed E-state index contributed by atoms with van der Waals surface area (Å²) in [7, 11) is 0. The van der Waals surface area contributed by atoms with Gasteiger partial charge in [-0.3, -0.25) is 9.48 Å². The number of nitrogens with one attached hydrogen (secondary N) is 1. The van der Waals surface area contributed by atoms with E-state index < -0.39 is 0 Å². The average molecular weight is 340 g/mol. The number of aromatic nitrogens is 2. The van der Waals surface area contributed by atoms with Crippen LogP contribution in [-0.4, -0.2) is 15.7 Å². The molecule has 0 saturated heterocycles. The summed E-state index contributed by atoms with van der Waals surface area (Å²) in [6, 6.07) is 17.2. The van der Waals surface area contributed by atoms with Gasteiger partial charge in [-0.25, -0.2) is 0 Å². The van der Waals surface area contributed by atoms with Crippen molar-refractivity contribution in [3.63, 3.8) is 0 Å². The Hall–Kier alpha value is -2.59. The molecule has 0 fully saturated rings. The zero-order chi connectivity index (χ0) is 17.1. The molecule has 24 heavy (non-hydrogen) atoms. The van der Waals surface area contributed by atoms with Crippen molar-refractivity contribution in [2.75, 3.05) is 5.32 Å². The lowest BCUT2D eigenvalue weighted by Gasteiger charge is -2.06. The van der Waals surface area contributed by atoms with Crippen molar-refractivity contribution in [2.24, 2.45) is 0 Å². The summed E-state index contributed by atoms with van der Waals surface area (Å²) in [5.74, 6) is -0.270. The van der Waals surface area contributed by atoms with Crippen LogP contribution < -0.4 is 5.32 Å². The highest BCUT2D eigenvalue weighted by atomic mass is 35.5. The number of halogens is 1. The summed E-state index contributed by atoms with van der Waals surface area (Å²) in [5, 5.41) is 7.71. The maximum atomic E-state index is 12.4. The number of aryl methyl sites for hydroxylation is 2. The molecule has 0 saturated carbocycles. The number of hydrogen-bond acceptors (Lipinski definition) is 2. The molecule has 0 aliphatic rings. The van der Waals surface area contributed by atoms with Gasteiger partial charge in [0.25, 0.3) is 5.91 Å². The average Bonchev–Trinajstić information content (AvgIpc) is 2.93. The standard InChI is InChI=1S/C19H18ClN3O/c1-13-7-9-15(10-8-13)12-23-14(2)11-18(22-23)19(24)21-17-6-4-3-5-16(17)20/h3-11H,12H2,1-2H3,(H,21,24). The lowest BCUT2D eigenvalue weighted by Crippen LogP contribution is -2.14. The van der Waals surface area contributed by atoms with Crippen LogP contribution in [0, 0.1) is 13.8 Å². The van der Waals surface area contributed by atoms with Crippen molar-refractivity contribution in [3.05, 3.63) is 82.1 Å². The molecule has 122 valence electrons. The third-order valence-corrected chi connectivity index (χ3v) is 4.12. The van der Waals surface area contributed by atoms with E-state index in [-0.39, 0.29) is 5.91 Å². The van der Waals surface area contributed by atoms with Crippen LogP contribution >= 0.6 is 11.6 Å². The minimum Gasteiger partial charge on any atom is -0.319 e. The first-order valence-corrected chi connectivity index (χ1v) is 8.06. The van der Waals surface area contributed by atoms with Crippen LogP contribution in [0.15, 0.2) is 54.6 Å². The summed E-state index contributed by atoms with van der Waals surface area (Å²) in [6.45, 7) is 4.62. The van der Waals surface area contributed by atoms with Gasteiger partial charge >= 0.3 is 0 Å². The Bertz CT molecular complexity index is 869. The van der Waals surface area contributed by atoms with Gasteiger partial charge in [-0.15, -0.1) is 0 Å². The molecule has 3 rings (SSSR count). The second kappa shape index (κ2) is 6.89. The van der Waals surface area contributed by atoms with Crippen molar-refractivity contribution in [2.45, 2.75) is 20.4 Å². The van der Waals surface area contributed by atoms with Crippen molar-refractivity contribution >= 4 is 23.2 Å². The van der Waals surface area contributed by atoms with Gasteiger partial charge < -0.3 is 5.32 Å². The Labute approximate surface area is 146 Å². The summed E-state index contributed by atoms with van der Waals surface area (Å²) in [5.41, 5.74) is 4.25. The van der Waals surface area contributed by atoms with Crippen molar-refractivity contribution in [1.82, 2.24) is 9.78 Å². The maximum absolute atomic E-state index is 12.4. The molecule has 4 nitrogen and oxygen atoms in total. The first kappa shape index (κ1) is 16.3. The van der Waals surface area contributed by atoms with E-state index in [0.29, 0.717) is 22.9 Å². The van der Waals surface area contributed by atoms with Crippen LogP contribution in [-0.2, 0) is 6.54 Å². The minimum atomic E-state index is -0.270. The molecular formula is C19H18ClN3O. The topological polar surface area (TPSA) is 46.9 Å². The van der Waals surface area contributed by atoms with Gasteiger partial charge in [0.2, 0.25) is 0 Å². The molecule has 0 spiro atoms. The smallest absolute Gasteiger partial charge is 0.276 e. The first-order chi connectivity index (χ1) is 11.5. The second-order valence-corrected chi connectivity index (χ2v) is 6.16. The molecule has 2 aromatic carbocycles. The quantitative estimate of drug-likeness (QED) is 0.763.